The third kappa shape index (κ3) is 4.81. The maximum absolute atomic E-state index is 10.0. The number of nitrogens with one attached hydrogen (secondary N) is 1. The Morgan fingerprint density at radius 1 is 0.946 bits per heavy atom. The summed E-state index contributed by atoms with van der Waals surface area (Å²) in [4.78, 5) is 14.8. The third-order valence-electron chi connectivity index (χ3n) is 7.48. The smallest absolute Gasteiger partial charge is 0.0900 e. The fourth-order valence-corrected chi connectivity index (χ4v) is 5.38. The minimum absolute atomic E-state index is 0.190. The van der Waals surface area contributed by atoms with Gasteiger partial charge in [0.15, 0.2) is 0 Å². The summed E-state index contributed by atoms with van der Waals surface area (Å²) in [5, 5.41) is 16.7. The summed E-state index contributed by atoms with van der Waals surface area (Å²) in [6.07, 6.45) is 11.5. The highest BCUT2D eigenvalue weighted by molar-refractivity contribution is 5.71. The van der Waals surface area contributed by atoms with E-state index in [9.17, 15) is 5.11 Å². The zero-order valence-corrected chi connectivity index (χ0v) is 21.5. The minimum Gasteiger partial charge on any atom is -0.393 e. The predicted octanol–water partition coefficient (Wildman–Crippen LogP) is 4.29. The molecule has 1 aliphatic heterocycles. The van der Waals surface area contributed by atoms with Crippen LogP contribution in [0.2, 0.25) is 0 Å². The number of benzene rings is 2. The van der Waals surface area contributed by atoms with Crippen molar-refractivity contribution < 1.29 is 5.11 Å². The first-order valence-electron chi connectivity index (χ1n) is 13.3. The van der Waals surface area contributed by atoms with Crippen LogP contribution in [-0.2, 0) is 0 Å². The van der Waals surface area contributed by atoms with Crippen LogP contribution in [0.3, 0.4) is 0 Å². The van der Waals surface area contributed by atoms with Crippen LogP contribution < -0.4 is 21.4 Å². The van der Waals surface area contributed by atoms with E-state index in [0.29, 0.717) is 0 Å². The molecule has 1 saturated carbocycles. The number of anilines is 2. The first kappa shape index (κ1) is 23.6. The first-order chi connectivity index (χ1) is 18.0. The monoisotopic (exact) mass is 491 g/mol. The van der Waals surface area contributed by atoms with Crippen LogP contribution in [0.25, 0.3) is 29.2 Å². The minimum atomic E-state index is -0.204. The van der Waals surface area contributed by atoms with E-state index in [1.807, 2.05) is 25.3 Å². The normalized spacial score (nSPS) is 19.7. The Labute approximate surface area is 217 Å². The number of hydrogen-bond acceptors (Lipinski definition) is 5. The van der Waals surface area contributed by atoms with E-state index in [1.165, 1.54) is 5.56 Å². The highest BCUT2D eigenvalue weighted by atomic mass is 16.3. The fraction of sp³-hybridized carbons (Fsp3) is 0.323. The van der Waals surface area contributed by atoms with Crippen LogP contribution >= 0.6 is 0 Å². The molecule has 1 aromatic heterocycles. The van der Waals surface area contributed by atoms with Gasteiger partial charge in [-0.2, -0.15) is 0 Å². The van der Waals surface area contributed by atoms with Crippen molar-refractivity contribution >= 4 is 23.5 Å². The Kier molecular flexibility index (Phi) is 6.35. The number of hydrogen-bond donors (Lipinski definition) is 2. The van der Waals surface area contributed by atoms with Crippen molar-refractivity contribution in [2.75, 3.05) is 5.32 Å². The third-order valence-corrected chi connectivity index (χ3v) is 7.48. The molecule has 37 heavy (non-hydrogen) atoms. The van der Waals surface area contributed by atoms with Gasteiger partial charge in [-0.15, -0.1) is 0 Å². The van der Waals surface area contributed by atoms with Gasteiger partial charge in [0.2, 0.25) is 0 Å². The molecule has 188 valence electrons. The lowest BCUT2D eigenvalue weighted by Gasteiger charge is -2.23. The van der Waals surface area contributed by atoms with Gasteiger partial charge in [-0.3, -0.25) is 9.98 Å². The molecule has 0 saturated heterocycles. The molecular weight excluding hydrogens is 458 g/mol. The Balaban J connectivity index is 1.61. The summed E-state index contributed by atoms with van der Waals surface area (Å²) in [6.45, 7) is 4.12. The van der Waals surface area contributed by atoms with E-state index in [-0.39, 0.29) is 12.1 Å². The van der Waals surface area contributed by atoms with Gasteiger partial charge in [0.25, 0.3) is 0 Å². The lowest BCUT2D eigenvalue weighted by atomic mass is 9.93. The predicted molar refractivity (Wildman–Crippen MR) is 148 cm³/mol. The van der Waals surface area contributed by atoms with E-state index < -0.39 is 0 Å². The van der Waals surface area contributed by atoms with Crippen molar-refractivity contribution in [3.05, 3.63) is 82.0 Å². The quantitative estimate of drug-likeness (QED) is 0.447. The maximum Gasteiger partial charge on any atom is 0.0900 e. The Morgan fingerprint density at radius 3 is 2.51 bits per heavy atom. The summed E-state index contributed by atoms with van der Waals surface area (Å²) in [5.74, 6) is 0. The van der Waals surface area contributed by atoms with Crippen molar-refractivity contribution in [1.29, 1.82) is 0 Å². The lowest BCUT2D eigenvalue weighted by molar-refractivity contribution is 0.123. The van der Waals surface area contributed by atoms with Gasteiger partial charge in [-0.05, 0) is 88.8 Å². The number of pyridine rings is 1. The summed E-state index contributed by atoms with van der Waals surface area (Å²) < 4.78 is 2.33. The Morgan fingerprint density at radius 2 is 1.73 bits per heavy atom. The largest absolute Gasteiger partial charge is 0.393 e. The molecule has 0 radical (unpaired) electrons. The SMILES string of the molecule is Cc1ccc(-n2c3c/c(=N\C4CCC(O)CC4)c(Nc4cccnc4C)cc-3nc3c2=CCCC=3)cc1. The zero-order chi connectivity index (χ0) is 25.4. The average molecular weight is 492 g/mol. The number of nitrogens with zero attached hydrogens (tertiary/aromatic N) is 4. The number of fused-ring (bicyclic) bond motifs is 2. The molecule has 0 atom stereocenters. The molecule has 3 aliphatic carbocycles. The van der Waals surface area contributed by atoms with Gasteiger partial charge in [-0.1, -0.05) is 29.8 Å². The number of aliphatic hydroxyl groups excluding tert-OH is 1. The van der Waals surface area contributed by atoms with Gasteiger partial charge >= 0.3 is 0 Å². The van der Waals surface area contributed by atoms with E-state index in [0.717, 1.165) is 88.7 Å². The molecule has 0 amide bonds. The molecule has 0 unspecified atom stereocenters. The highest BCUT2D eigenvalue weighted by Gasteiger charge is 2.20. The summed E-state index contributed by atoms with van der Waals surface area (Å²) in [5.41, 5.74) is 7.14. The molecule has 2 N–H and O–H groups in total. The van der Waals surface area contributed by atoms with Gasteiger partial charge in [-0.25, -0.2) is 4.98 Å². The van der Waals surface area contributed by atoms with Gasteiger partial charge in [0.05, 0.1) is 56.7 Å². The summed E-state index contributed by atoms with van der Waals surface area (Å²) >= 11 is 0. The Bertz CT molecular complexity index is 1590. The van der Waals surface area contributed by atoms with Gasteiger partial charge in [0, 0.05) is 11.9 Å². The molecule has 6 rings (SSSR count). The van der Waals surface area contributed by atoms with Crippen LogP contribution in [-0.4, -0.2) is 31.8 Å². The molecule has 4 aliphatic rings. The molecule has 0 bridgehead atoms. The lowest BCUT2D eigenvalue weighted by Crippen LogP contribution is -2.40. The van der Waals surface area contributed by atoms with Crippen LogP contribution in [0.15, 0.2) is 59.7 Å². The van der Waals surface area contributed by atoms with Gasteiger partial charge < -0.3 is 15.0 Å². The van der Waals surface area contributed by atoms with Crippen molar-refractivity contribution in [3.8, 4) is 17.1 Å². The molecule has 6 heteroatoms. The number of aromatic nitrogens is 3. The number of rotatable bonds is 4. The highest BCUT2D eigenvalue weighted by Crippen LogP contribution is 2.26. The fourth-order valence-electron chi connectivity index (χ4n) is 5.38. The van der Waals surface area contributed by atoms with E-state index in [2.05, 4.69) is 70.3 Å². The van der Waals surface area contributed by atoms with Gasteiger partial charge in [0.1, 0.15) is 0 Å². The second kappa shape index (κ2) is 9.94. The average Bonchev–Trinajstić information content (AvgIpc) is 2.91. The zero-order valence-electron chi connectivity index (χ0n) is 21.5. The molecule has 1 fully saturated rings. The van der Waals surface area contributed by atoms with Crippen LogP contribution in [0.1, 0.15) is 49.8 Å². The topological polar surface area (TPSA) is 75.3 Å². The first-order valence-corrected chi connectivity index (χ1v) is 13.3. The summed E-state index contributed by atoms with van der Waals surface area (Å²) in [6, 6.07) is 17.2. The molecule has 2 heterocycles. The van der Waals surface area contributed by atoms with Crippen molar-refractivity contribution in [2.45, 2.75) is 64.5 Å². The molecule has 1 aromatic carbocycles. The summed E-state index contributed by atoms with van der Waals surface area (Å²) in [7, 11) is 0. The number of aliphatic hydroxyl groups is 1. The van der Waals surface area contributed by atoms with Crippen molar-refractivity contribution in [1.82, 2.24) is 14.5 Å². The van der Waals surface area contributed by atoms with Crippen molar-refractivity contribution in [3.63, 3.8) is 0 Å². The molecular formula is C31H33N5O. The molecule has 2 aromatic rings. The molecule has 6 nitrogen and oxygen atoms in total. The number of aryl methyl sites for hydroxylation is 2. The Hall–Kier alpha value is -3.77. The molecule has 0 spiro atoms. The maximum atomic E-state index is 10.0. The van der Waals surface area contributed by atoms with Crippen LogP contribution in [0.5, 0.6) is 0 Å². The second-order valence-electron chi connectivity index (χ2n) is 10.2. The van der Waals surface area contributed by atoms with E-state index in [4.69, 9.17) is 9.98 Å². The van der Waals surface area contributed by atoms with Crippen molar-refractivity contribution in [2.24, 2.45) is 4.99 Å². The van der Waals surface area contributed by atoms with E-state index in [1.54, 1.807) is 0 Å². The van der Waals surface area contributed by atoms with Crippen LogP contribution in [0, 0.1) is 13.8 Å². The van der Waals surface area contributed by atoms with E-state index >= 15 is 0 Å². The van der Waals surface area contributed by atoms with Crippen LogP contribution in [0.4, 0.5) is 11.4 Å². The standard InChI is InChI=1S/C31H33N5O/c1-20-9-13-23(14-10-20)36-30-8-4-3-6-26(30)35-29-18-27(34-25-7-5-17-32-21(25)2)28(19-31(29)36)33-22-11-15-24(37)16-12-22/h5-10,13-14,17-19,22,24,34,37H,3-4,11-12,15-16H2,1-2H3/b33-28+. The second-order valence-corrected chi connectivity index (χ2v) is 10.2.